The summed E-state index contributed by atoms with van der Waals surface area (Å²) in [5.41, 5.74) is 2.39. The quantitative estimate of drug-likeness (QED) is 0.940. The van der Waals surface area contributed by atoms with Crippen LogP contribution in [-0.2, 0) is 11.3 Å². The number of likely N-dealkylation sites (tertiary alicyclic amines) is 1. The highest BCUT2D eigenvalue weighted by atomic mass is 19.4. The lowest BCUT2D eigenvalue weighted by Gasteiger charge is -2.18. The molecule has 2 aromatic heterocycles. The molecule has 0 radical (unpaired) electrons. The first-order chi connectivity index (χ1) is 10.7. The van der Waals surface area contributed by atoms with E-state index in [1.54, 1.807) is 6.20 Å². The Hall–Kier alpha value is -2.09. The summed E-state index contributed by atoms with van der Waals surface area (Å²) in [4.78, 5) is 17.0. The summed E-state index contributed by atoms with van der Waals surface area (Å²) in [6.45, 7) is 1.71. The topological polar surface area (TPSA) is 57.8 Å². The van der Waals surface area contributed by atoms with Crippen molar-refractivity contribution in [2.24, 2.45) is 11.8 Å². The number of halogens is 3. The zero-order valence-electron chi connectivity index (χ0n) is 12.4. The molecule has 2 aromatic rings. The van der Waals surface area contributed by atoms with Gasteiger partial charge in [0.05, 0.1) is 17.5 Å². The van der Waals surface area contributed by atoms with Gasteiger partial charge in [-0.2, -0.15) is 13.2 Å². The van der Waals surface area contributed by atoms with E-state index in [4.69, 9.17) is 5.11 Å². The van der Waals surface area contributed by atoms with Gasteiger partial charge < -0.3 is 9.51 Å². The van der Waals surface area contributed by atoms with E-state index in [1.165, 1.54) is 4.90 Å². The normalized spacial score (nSPS) is 22.8. The zero-order valence-corrected chi connectivity index (χ0v) is 12.4. The summed E-state index contributed by atoms with van der Waals surface area (Å²) >= 11 is 0. The number of aromatic nitrogens is 2. The van der Waals surface area contributed by atoms with Crippen molar-refractivity contribution in [2.45, 2.75) is 19.6 Å². The molecular formula is C15H16F3N3O2. The van der Waals surface area contributed by atoms with Gasteiger partial charge in [-0.15, -0.1) is 0 Å². The summed E-state index contributed by atoms with van der Waals surface area (Å²) in [6, 6.07) is 3.74. The predicted octanol–water partition coefficient (Wildman–Crippen LogP) is 2.34. The molecule has 3 rings (SSSR count). The second kappa shape index (κ2) is 5.52. The number of hydrogen-bond donors (Lipinski definition) is 1. The summed E-state index contributed by atoms with van der Waals surface area (Å²) in [5, 5.41) is 9.03. The molecule has 8 heteroatoms. The molecule has 0 aliphatic carbocycles. The first kappa shape index (κ1) is 15.8. The average molecular weight is 327 g/mol. The Kier molecular flexibility index (Phi) is 3.79. The number of aryl methyl sites for hydroxylation is 1. The summed E-state index contributed by atoms with van der Waals surface area (Å²) in [5.74, 6) is -4.66. The second-order valence-electron chi connectivity index (χ2n) is 5.99. The molecule has 0 unspecified atom stereocenters. The third kappa shape index (κ3) is 3.17. The Morgan fingerprint density at radius 3 is 2.70 bits per heavy atom. The van der Waals surface area contributed by atoms with Crippen LogP contribution in [0.2, 0.25) is 0 Å². The maximum Gasteiger partial charge on any atom is 0.393 e. The number of imidazole rings is 1. The lowest BCUT2D eigenvalue weighted by Crippen LogP contribution is -2.33. The maximum atomic E-state index is 13.0. The first-order valence-electron chi connectivity index (χ1n) is 7.20. The Morgan fingerprint density at radius 1 is 1.35 bits per heavy atom. The number of alkyl halides is 3. The van der Waals surface area contributed by atoms with Crippen LogP contribution in [-0.4, -0.2) is 44.6 Å². The zero-order chi connectivity index (χ0) is 16.8. The predicted molar refractivity (Wildman–Crippen MR) is 75.9 cm³/mol. The summed E-state index contributed by atoms with van der Waals surface area (Å²) in [6.07, 6.45) is -0.860. The number of carboxylic acids is 1. The molecular weight excluding hydrogens is 311 g/mol. The Balaban J connectivity index is 1.78. The van der Waals surface area contributed by atoms with Crippen molar-refractivity contribution in [3.05, 3.63) is 35.8 Å². The van der Waals surface area contributed by atoms with Gasteiger partial charge in [0.25, 0.3) is 0 Å². The lowest BCUT2D eigenvalue weighted by molar-refractivity contribution is -0.188. The molecule has 2 atom stereocenters. The molecule has 0 amide bonds. The van der Waals surface area contributed by atoms with Crippen molar-refractivity contribution < 1.29 is 23.1 Å². The van der Waals surface area contributed by atoms with Crippen LogP contribution in [0.15, 0.2) is 24.5 Å². The lowest BCUT2D eigenvalue weighted by atomic mass is 9.96. The van der Waals surface area contributed by atoms with Crippen molar-refractivity contribution in [1.29, 1.82) is 0 Å². The Morgan fingerprint density at radius 2 is 2.09 bits per heavy atom. The number of fused-ring (bicyclic) bond motifs is 1. The highest BCUT2D eigenvalue weighted by Crippen LogP contribution is 2.38. The van der Waals surface area contributed by atoms with Gasteiger partial charge in [0, 0.05) is 32.0 Å². The van der Waals surface area contributed by atoms with Crippen LogP contribution in [0.1, 0.15) is 11.3 Å². The van der Waals surface area contributed by atoms with E-state index < -0.39 is 24.0 Å². The van der Waals surface area contributed by atoms with Gasteiger partial charge in [0.1, 0.15) is 5.65 Å². The van der Waals surface area contributed by atoms with Crippen LogP contribution in [0.4, 0.5) is 13.2 Å². The van der Waals surface area contributed by atoms with Gasteiger partial charge in [-0.25, -0.2) is 4.98 Å². The van der Waals surface area contributed by atoms with Gasteiger partial charge in [-0.3, -0.25) is 9.69 Å². The molecule has 0 bridgehead atoms. The fourth-order valence-corrected chi connectivity index (χ4v) is 3.06. The van der Waals surface area contributed by atoms with E-state index in [2.05, 4.69) is 4.98 Å². The molecule has 1 aliphatic heterocycles. The molecule has 0 spiro atoms. The van der Waals surface area contributed by atoms with E-state index in [9.17, 15) is 18.0 Å². The van der Waals surface area contributed by atoms with Crippen LogP contribution in [0.25, 0.3) is 5.65 Å². The average Bonchev–Trinajstić information content (AvgIpc) is 3.01. The fourth-order valence-electron chi connectivity index (χ4n) is 3.06. The standard InChI is InChI=1S/C15H16F3N3O2/c1-9-2-3-13-19-10(6-21(13)4-9)5-20-7-11(14(22)23)12(8-20)15(16,17)18/h2-4,6,11-12H,5,7-8H2,1H3,(H,22,23)/t11-,12-/m1/s1. The maximum absolute atomic E-state index is 13.0. The fraction of sp³-hybridized carbons (Fsp3) is 0.467. The SMILES string of the molecule is Cc1ccc2nc(CN3C[C@@H](C(F)(F)F)[C@H](C(=O)O)C3)cn2c1. The minimum atomic E-state index is -4.51. The summed E-state index contributed by atoms with van der Waals surface area (Å²) < 4.78 is 40.8. The minimum absolute atomic E-state index is 0.119. The van der Waals surface area contributed by atoms with Gasteiger partial charge in [0.2, 0.25) is 0 Å². The highest BCUT2D eigenvalue weighted by molar-refractivity contribution is 5.71. The minimum Gasteiger partial charge on any atom is -0.481 e. The molecule has 1 fully saturated rings. The largest absolute Gasteiger partial charge is 0.481 e. The molecule has 0 saturated carbocycles. The van der Waals surface area contributed by atoms with Crippen molar-refractivity contribution in [1.82, 2.24) is 14.3 Å². The summed E-state index contributed by atoms with van der Waals surface area (Å²) in [7, 11) is 0. The smallest absolute Gasteiger partial charge is 0.393 e. The van der Waals surface area contributed by atoms with Crippen LogP contribution in [0.3, 0.4) is 0 Å². The van der Waals surface area contributed by atoms with Crippen molar-refractivity contribution in [3.63, 3.8) is 0 Å². The van der Waals surface area contributed by atoms with Crippen LogP contribution < -0.4 is 0 Å². The Labute approximate surface area is 130 Å². The van der Waals surface area contributed by atoms with E-state index in [1.807, 2.05) is 29.7 Å². The van der Waals surface area contributed by atoms with E-state index >= 15 is 0 Å². The van der Waals surface area contributed by atoms with E-state index in [0.29, 0.717) is 11.3 Å². The molecule has 0 aromatic carbocycles. The number of carboxylic acid groups (broad SMARTS) is 1. The third-order valence-corrected chi connectivity index (χ3v) is 4.17. The first-order valence-corrected chi connectivity index (χ1v) is 7.20. The molecule has 3 heterocycles. The number of pyridine rings is 1. The number of rotatable bonds is 3. The molecule has 1 aliphatic rings. The van der Waals surface area contributed by atoms with Crippen molar-refractivity contribution >= 4 is 11.6 Å². The van der Waals surface area contributed by atoms with Crippen molar-refractivity contribution in [2.75, 3.05) is 13.1 Å². The Bertz CT molecular complexity index is 741. The van der Waals surface area contributed by atoms with Crippen LogP contribution >= 0.6 is 0 Å². The van der Waals surface area contributed by atoms with E-state index in [0.717, 1.165) is 5.56 Å². The van der Waals surface area contributed by atoms with E-state index in [-0.39, 0.29) is 19.6 Å². The van der Waals surface area contributed by atoms with Crippen LogP contribution in [0, 0.1) is 18.8 Å². The molecule has 1 N–H and O–H groups in total. The number of carbonyl (C=O) groups is 1. The molecule has 23 heavy (non-hydrogen) atoms. The van der Waals surface area contributed by atoms with Gasteiger partial charge in [0.15, 0.2) is 0 Å². The number of nitrogens with zero attached hydrogens (tertiary/aromatic N) is 3. The number of aliphatic carboxylic acids is 1. The van der Waals surface area contributed by atoms with Gasteiger partial charge in [-0.05, 0) is 18.6 Å². The van der Waals surface area contributed by atoms with Crippen LogP contribution in [0.5, 0.6) is 0 Å². The van der Waals surface area contributed by atoms with Gasteiger partial charge >= 0.3 is 12.1 Å². The highest BCUT2D eigenvalue weighted by Gasteiger charge is 2.52. The molecule has 1 saturated heterocycles. The molecule has 124 valence electrons. The third-order valence-electron chi connectivity index (χ3n) is 4.17. The van der Waals surface area contributed by atoms with Gasteiger partial charge in [-0.1, -0.05) is 6.07 Å². The molecule has 5 nitrogen and oxygen atoms in total. The van der Waals surface area contributed by atoms with Crippen molar-refractivity contribution in [3.8, 4) is 0 Å². The number of hydrogen-bond acceptors (Lipinski definition) is 3. The monoisotopic (exact) mass is 327 g/mol. The second-order valence-corrected chi connectivity index (χ2v) is 5.99.